The molecule has 1 aromatic carbocycles. The lowest BCUT2D eigenvalue weighted by atomic mass is 10.3. The van der Waals surface area contributed by atoms with Crippen LogP contribution >= 0.6 is 0 Å². The van der Waals surface area contributed by atoms with Gasteiger partial charge in [0, 0.05) is 11.8 Å². The van der Waals surface area contributed by atoms with Crippen LogP contribution in [0, 0.1) is 5.41 Å². The minimum absolute atomic E-state index is 0.169. The van der Waals surface area contributed by atoms with E-state index < -0.39 is 6.86 Å². The van der Waals surface area contributed by atoms with E-state index in [1.807, 2.05) is 0 Å². The fraction of sp³-hybridized carbons (Fsp3) is 0.125. The van der Waals surface area contributed by atoms with Gasteiger partial charge in [0.05, 0.1) is 0 Å². The Morgan fingerprint density at radius 2 is 2.38 bits per heavy atom. The highest BCUT2D eigenvalue weighted by Crippen LogP contribution is 2.16. The van der Waals surface area contributed by atoms with E-state index in [0.29, 0.717) is 11.4 Å². The third-order valence-electron chi connectivity index (χ3n) is 1.33. The van der Waals surface area contributed by atoms with E-state index >= 15 is 0 Å². The van der Waals surface area contributed by atoms with Gasteiger partial charge < -0.3 is 15.8 Å². The molecule has 0 bridgehead atoms. The van der Waals surface area contributed by atoms with E-state index in [9.17, 15) is 4.39 Å². The average Bonchev–Trinajstić information content (AvgIpc) is 2.04. The molecule has 0 atom stereocenters. The Morgan fingerprint density at radius 1 is 1.62 bits per heavy atom. The number of hydrogen-bond donors (Lipinski definition) is 3. The van der Waals surface area contributed by atoms with Gasteiger partial charge in [0.1, 0.15) is 5.75 Å². The molecule has 13 heavy (non-hydrogen) atoms. The second-order valence-corrected chi connectivity index (χ2v) is 2.32. The van der Waals surface area contributed by atoms with Gasteiger partial charge in [-0.15, -0.1) is 0 Å². The van der Waals surface area contributed by atoms with Gasteiger partial charge in [-0.1, -0.05) is 6.07 Å². The van der Waals surface area contributed by atoms with Crippen molar-refractivity contribution in [3.05, 3.63) is 24.3 Å². The number of alkyl halides is 1. The zero-order valence-corrected chi connectivity index (χ0v) is 6.88. The molecule has 0 unspecified atom stereocenters. The van der Waals surface area contributed by atoms with E-state index in [1.54, 1.807) is 24.3 Å². The normalized spacial score (nSPS) is 9.31. The van der Waals surface area contributed by atoms with E-state index in [4.69, 9.17) is 11.1 Å². The molecule has 0 aliphatic rings. The minimum atomic E-state index is -0.872. The highest BCUT2D eigenvalue weighted by atomic mass is 19.1. The number of benzene rings is 1. The number of nitrogens with one attached hydrogen (secondary N) is 2. The summed E-state index contributed by atoms with van der Waals surface area (Å²) in [7, 11) is 0. The molecular weight excluding hydrogens is 173 g/mol. The first-order valence-electron chi connectivity index (χ1n) is 3.62. The second kappa shape index (κ2) is 4.30. The van der Waals surface area contributed by atoms with Gasteiger partial charge in [-0.2, -0.15) is 0 Å². The Hall–Kier alpha value is -1.78. The smallest absolute Gasteiger partial charge is 0.228 e. The number of nitrogens with two attached hydrogens (primary N) is 1. The monoisotopic (exact) mass is 183 g/mol. The summed E-state index contributed by atoms with van der Waals surface area (Å²) < 4.78 is 16.4. The molecular formula is C8H10FN3O. The van der Waals surface area contributed by atoms with Gasteiger partial charge in [-0.05, 0) is 12.1 Å². The number of anilines is 1. The molecule has 4 nitrogen and oxygen atoms in total. The van der Waals surface area contributed by atoms with Gasteiger partial charge in [-0.25, -0.2) is 4.39 Å². The summed E-state index contributed by atoms with van der Waals surface area (Å²) >= 11 is 0. The maximum absolute atomic E-state index is 11.8. The second-order valence-electron chi connectivity index (χ2n) is 2.32. The summed E-state index contributed by atoms with van der Waals surface area (Å²) in [5.41, 5.74) is 5.70. The maximum atomic E-state index is 11.8. The molecule has 0 aliphatic heterocycles. The Bertz CT molecular complexity index is 303. The van der Waals surface area contributed by atoms with Crippen molar-refractivity contribution in [1.29, 1.82) is 5.41 Å². The van der Waals surface area contributed by atoms with Gasteiger partial charge in [0.2, 0.25) is 6.86 Å². The third kappa shape index (κ3) is 2.98. The summed E-state index contributed by atoms with van der Waals surface area (Å²) in [5, 5.41) is 9.52. The van der Waals surface area contributed by atoms with Crippen molar-refractivity contribution in [2.24, 2.45) is 5.73 Å². The van der Waals surface area contributed by atoms with Gasteiger partial charge in [0.15, 0.2) is 5.96 Å². The van der Waals surface area contributed by atoms with Crippen LogP contribution in [-0.4, -0.2) is 12.8 Å². The molecule has 0 spiro atoms. The van der Waals surface area contributed by atoms with Crippen LogP contribution in [0.15, 0.2) is 24.3 Å². The highest BCUT2D eigenvalue weighted by Gasteiger charge is 1.96. The first-order valence-corrected chi connectivity index (χ1v) is 3.62. The topological polar surface area (TPSA) is 71.1 Å². The molecule has 70 valence electrons. The zero-order valence-electron chi connectivity index (χ0n) is 6.88. The summed E-state index contributed by atoms with van der Waals surface area (Å²) in [5.74, 6) is 0.228. The molecule has 1 aromatic rings. The van der Waals surface area contributed by atoms with Crippen LogP contribution in [0.4, 0.5) is 10.1 Å². The predicted octanol–water partition coefficient (Wildman–Crippen LogP) is 1.30. The van der Waals surface area contributed by atoms with Crippen molar-refractivity contribution in [2.75, 3.05) is 12.2 Å². The van der Waals surface area contributed by atoms with Crippen LogP contribution in [0.3, 0.4) is 0 Å². The maximum Gasteiger partial charge on any atom is 0.228 e. The molecule has 4 N–H and O–H groups in total. The SMILES string of the molecule is N=C(N)Nc1cccc(OCF)c1. The molecule has 1 rings (SSSR count). The highest BCUT2D eigenvalue weighted by molar-refractivity contribution is 5.89. The van der Waals surface area contributed by atoms with Crippen molar-refractivity contribution < 1.29 is 9.13 Å². The van der Waals surface area contributed by atoms with E-state index in [-0.39, 0.29) is 5.96 Å². The molecule has 0 aromatic heterocycles. The van der Waals surface area contributed by atoms with Crippen molar-refractivity contribution >= 4 is 11.6 Å². The standard InChI is InChI=1S/C8H10FN3O/c9-5-13-7-3-1-2-6(4-7)12-8(10)11/h1-4H,5H2,(H4,10,11,12). The quantitative estimate of drug-likeness (QED) is 0.488. The van der Waals surface area contributed by atoms with Gasteiger partial charge in [0.25, 0.3) is 0 Å². The molecule has 0 heterocycles. The molecule has 0 radical (unpaired) electrons. The molecule has 0 amide bonds. The van der Waals surface area contributed by atoms with Crippen molar-refractivity contribution in [2.45, 2.75) is 0 Å². The summed E-state index contributed by atoms with van der Waals surface area (Å²) in [6.07, 6.45) is 0. The summed E-state index contributed by atoms with van der Waals surface area (Å²) in [6, 6.07) is 6.55. The molecule has 0 saturated heterocycles. The van der Waals surface area contributed by atoms with Crippen LogP contribution in [0.1, 0.15) is 0 Å². The lowest BCUT2D eigenvalue weighted by Gasteiger charge is -2.05. The molecule has 0 aliphatic carbocycles. The van der Waals surface area contributed by atoms with Crippen LogP contribution < -0.4 is 15.8 Å². The zero-order chi connectivity index (χ0) is 9.68. The fourth-order valence-electron chi connectivity index (χ4n) is 0.882. The summed E-state index contributed by atoms with van der Waals surface area (Å²) in [6.45, 7) is -0.872. The number of hydrogen-bond acceptors (Lipinski definition) is 2. The molecule has 0 fully saturated rings. The fourth-order valence-corrected chi connectivity index (χ4v) is 0.882. The van der Waals surface area contributed by atoms with Gasteiger partial charge in [-0.3, -0.25) is 5.41 Å². The Morgan fingerprint density at radius 3 is 3.00 bits per heavy atom. The number of guanidine groups is 1. The lowest BCUT2D eigenvalue weighted by Crippen LogP contribution is -2.20. The largest absolute Gasteiger partial charge is 0.463 e. The van der Waals surface area contributed by atoms with Crippen LogP contribution in [0.2, 0.25) is 0 Å². The number of ether oxygens (including phenoxy) is 1. The predicted molar refractivity (Wildman–Crippen MR) is 48.6 cm³/mol. The van der Waals surface area contributed by atoms with Crippen molar-refractivity contribution in [3.8, 4) is 5.75 Å². The van der Waals surface area contributed by atoms with E-state index in [2.05, 4.69) is 10.1 Å². The average molecular weight is 183 g/mol. The van der Waals surface area contributed by atoms with E-state index in [0.717, 1.165) is 0 Å². The van der Waals surface area contributed by atoms with E-state index in [1.165, 1.54) is 0 Å². The Labute approximate surface area is 75.0 Å². The van der Waals surface area contributed by atoms with Crippen molar-refractivity contribution in [3.63, 3.8) is 0 Å². The minimum Gasteiger partial charge on any atom is -0.463 e. The number of halogens is 1. The Kier molecular flexibility index (Phi) is 3.08. The lowest BCUT2D eigenvalue weighted by molar-refractivity contribution is 0.192. The van der Waals surface area contributed by atoms with Crippen LogP contribution in [-0.2, 0) is 0 Å². The number of rotatable bonds is 3. The van der Waals surface area contributed by atoms with Crippen LogP contribution in [0.25, 0.3) is 0 Å². The van der Waals surface area contributed by atoms with Gasteiger partial charge >= 0.3 is 0 Å². The third-order valence-corrected chi connectivity index (χ3v) is 1.33. The van der Waals surface area contributed by atoms with Crippen molar-refractivity contribution in [1.82, 2.24) is 0 Å². The molecule has 5 heteroatoms. The molecule has 0 saturated carbocycles. The van der Waals surface area contributed by atoms with Crippen LogP contribution in [0.5, 0.6) is 5.75 Å². The first kappa shape index (κ1) is 9.31. The first-order chi connectivity index (χ1) is 6.22. The summed E-state index contributed by atoms with van der Waals surface area (Å²) in [4.78, 5) is 0. The Balaban J connectivity index is 2.73.